The molecule has 4 aromatic carbocycles. The highest BCUT2D eigenvalue weighted by Gasteiger charge is 2.84. The number of rotatable bonds is 14. The molecule has 8 bridgehead atoms. The number of aliphatic hydroxyl groups is 11. The second-order valence-electron chi connectivity index (χ2n) is 35.1. The van der Waals surface area contributed by atoms with Gasteiger partial charge in [0, 0.05) is 81.5 Å². The second-order valence-corrected chi connectivity index (χ2v) is 43.2. The lowest BCUT2D eigenvalue weighted by molar-refractivity contribution is -0.225. The van der Waals surface area contributed by atoms with Crippen LogP contribution in [0, 0.1) is 0 Å². The first kappa shape index (κ1) is 83.4. The number of likely N-dealkylation sites (N-methyl/N-ethyl adjacent to an activating group) is 4. The van der Waals surface area contributed by atoms with Gasteiger partial charge in [-0.2, -0.15) is 42.1 Å². The van der Waals surface area contributed by atoms with Crippen LogP contribution in [0.25, 0.3) is 0 Å². The Kier molecular flexibility index (Phi) is 19.0. The summed E-state index contributed by atoms with van der Waals surface area (Å²) in [7, 11) is -13.7. The molecule has 4 spiro atoms. The van der Waals surface area contributed by atoms with E-state index in [0.717, 1.165) is 60.6 Å². The molecule has 0 aromatic heterocycles. The average Bonchev–Trinajstić information content (AvgIpc) is 1.54. The number of piperidine rings is 4. The van der Waals surface area contributed by atoms with Crippen LogP contribution in [0.5, 0.6) is 23.0 Å². The van der Waals surface area contributed by atoms with Gasteiger partial charge in [0.2, 0.25) is 0 Å². The smallest absolute Gasteiger partial charge is 0.273 e. The summed E-state index contributed by atoms with van der Waals surface area (Å²) in [5.41, 5.74) is -9.79. The van der Waals surface area contributed by atoms with E-state index in [2.05, 4.69) is 9.80 Å². The topological polar surface area (TPSA) is 539 Å². The Bertz CT molecular complexity index is 5400. The van der Waals surface area contributed by atoms with E-state index in [1.54, 1.807) is 50.5 Å². The molecule has 4 aromatic rings. The van der Waals surface area contributed by atoms with Crippen molar-refractivity contribution in [2.75, 3.05) is 85.8 Å². The maximum absolute atomic E-state index is 13.2. The molecule has 20 rings (SSSR count). The molecule has 8 heterocycles. The molecule has 117 heavy (non-hydrogen) atoms. The maximum Gasteiger partial charge on any atom is 0.273 e. The zero-order chi connectivity index (χ0) is 84.5. The summed E-state index contributed by atoms with van der Waals surface area (Å²) < 4.78 is 186. The number of carbonyl (C=O) groups excluding carboxylic acids is 1. The Morgan fingerprint density at radius 2 is 0.726 bits per heavy atom. The van der Waals surface area contributed by atoms with Gasteiger partial charge in [-0.05, 0) is 146 Å². The fraction of sp³-hybridized carbons (Fsp3) is 0.623. The highest BCUT2D eigenvalue weighted by molar-refractivity contribution is 7.88. The number of nitrogens with zero attached hydrogens (tertiary/aromatic N) is 4. The molecule has 6 fully saturated rings. The summed E-state index contributed by atoms with van der Waals surface area (Å²) in [6, 6.07) is 12.7. The summed E-state index contributed by atoms with van der Waals surface area (Å²) in [6.45, 7) is 1.04. The molecule has 16 aliphatic rings. The van der Waals surface area contributed by atoms with E-state index in [4.69, 9.17) is 27.3 Å². The van der Waals surface area contributed by atoms with E-state index in [0.29, 0.717) is 83.8 Å². The van der Waals surface area contributed by atoms with E-state index in [9.17, 15) is 117 Å². The fourth-order valence-corrected chi connectivity index (χ4v) is 31.1. The molecular weight excluding hydrogens is 1640 g/mol. The van der Waals surface area contributed by atoms with Crippen LogP contribution in [-0.2, 0) is 138 Å². The van der Waals surface area contributed by atoms with Crippen molar-refractivity contribution >= 4 is 56.4 Å². The van der Waals surface area contributed by atoms with Crippen molar-refractivity contribution in [3.8, 4) is 23.0 Å². The van der Waals surface area contributed by atoms with Crippen LogP contribution in [0.1, 0.15) is 105 Å². The van der Waals surface area contributed by atoms with Gasteiger partial charge < -0.3 is 84.9 Å². The lowest BCUT2D eigenvalue weighted by Crippen LogP contribution is -2.84. The first-order valence-electron chi connectivity index (χ1n) is 38.5. The molecule has 14 N–H and O–H groups in total. The minimum absolute atomic E-state index is 0.0647. The first-order chi connectivity index (χ1) is 54.6. The Morgan fingerprint density at radius 1 is 0.410 bits per heavy atom. The van der Waals surface area contributed by atoms with E-state index in [1.807, 2.05) is 42.1 Å². The summed E-state index contributed by atoms with van der Waals surface area (Å²) in [6.07, 6.45) is 3.19. The number of hydrogen-bond donors (Lipinski definition) is 14. The first-order valence-corrected chi connectivity index (χ1v) is 46.3. The fourth-order valence-electron chi connectivity index (χ4n) is 25.4. The van der Waals surface area contributed by atoms with Gasteiger partial charge in [0.15, 0.2) is 11.9 Å². The van der Waals surface area contributed by atoms with E-state index in [1.165, 1.54) is 18.2 Å². The van der Waals surface area contributed by atoms with Gasteiger partial charge in [0.1, 0.15) is 108 Å². The number of ether oxygens (including phenoxy) is 4. The molecule has 21 atom stereocenters. The normalized spacial score (nSPS) is 40.1. The zero-order valence-electron chi connectivity index (χ0n) is 64.6. The van der Waals surface area contributed by atoms with Crippen LogP contribution in [0.4, 0.5) is 0 Å². The summed E-state index contributed by atoms with van der Waals surface area (Å²) >= 11 is 0. The van der Waals surface area contributed by atoms with E-state index in [-0.39, 0.29) is 68.3 Å². The summed E-state index contributed by atoms with van der Waals surface area (Å²) in [4.78, 5) is 20.5. The number of benzene rings is 4. The predicted molar refractivity (Wildman–Crippen MR) is 409 cm³/mol. The van der Waals surface area contributed by atoms with Crippen LogP contribution in [0.15, 0.2) is 72.8 Å². The van der Waals surface area contributed by atoms with Gasteiger partial charge in [-0.1, -0.05) is 54.6 Å². The average molecular weight is 1730 g/mol. The zero-order valence-corrected chi connectivity index (χ0v) is 68.7. The maximum atomic E-state index is 13.2. The third kappa shape index (κ3) is 10.9. The number of likely N-dealkylation sites (tertiary alicyclic amines) is 4. The molecule has 13 unspecified atom stereocenters. The van der Waals surface area contributed by atoms with Crippen LogP contribution < -0.4 is 18.9 Å². The van der Waals surface area contributed by atoms with Gasteiger partial charge in [-0.15, -0.1) is 0 Å². The van der Waals surface area contributed by atoms with Gasteiger partial charge in [0.05, 0.1) is 62.3 Å². The Balaban J connectivity index is 0.000000113. The van der Waals surface area contributed by atoms with Crippen LogP contribution in [-0.4, -0.2) is 321 Å². The monoisotopic (exact) mass is 1730 g/mol. The lowest BCUT2D eigenvalue weighted by Gasteiger charge is -2.66. The molecule has 8 aliphatic carbocycles. The van der Waals surface area contributed by atoms with Gasteiger partial charge in [-0.3, -0.25) is 36.6 Å². The van der Waals surface area contributed by atoms with Gasteiger partial charge in [0.25, 0.3) is 50.6 Å². The van der Waals surface area contributed by atoms with Crippen LogP contribution in [0.2, 0.25) is 0 Å². The minimum Gasteiger partial charge on any atom is -0.486 e. The van der Waals surface area contributed by atoms with Gasteiger partial charge >= 0.3 is 0 Å². The van der Waals surface area contributed by atoms with Crippen molar-refractivity contribution in [1.82, 2.24) is 19.6 Å². The molecule has 8 aliphatic heterocycles. The van der Waals surface area contributed by atoms with Crippen molar-refractivity contribution in [1.29, 1.82) is 0 Å². The van der Waals surface area contributed by atoms with Crippen molar-refractivity contribution in [2.45, 2.75) is 211 Å². The van der Waals surface area contributed by atoms with Crippen molar-refractivity contribution < 1.29 is 144 Å². The molecule has 40 heteroatoms. The SMILES string of the molecule is CN1CCC23c4c5ccc(CO)c4O[C@H]2C(=O)C=C[C@@]3(O)C1C5.CN1CCC23c4c5ccc(CO)c4O[C@H]2C(O)(CS(=O)(=O)O)C=C[C@@]3(O)C1C5.COS(=O)(=O)C1CC(O)(CS(=O)(=O)O)[C@@H]2Oc3c(CO)ccc4c3C23CCN(C)C(C4)[C@]13O.COS(=O)(=O)C1CC(O)(CS(=O)(=O)O)[C@@H]2Oc3c(CO)ccc4c3C23CCN(C)C(C4)[C@]13O. The van der Waals surface area contributed by atoms with Gasteiger partial charge in [-0.25, -0.2) is 0 Å². The lowest BCUT2D eigenvalue weighted by atomic mass is 9.46. The number of aliphatic hydroxyl groups excluding tert-OH is 4. The molecule has 0 amide bonds. The molecule has 35 nitrogen and oxygen atoms in total. The quantitative estimate of drug-likeness (QED) is 0.0335. The molecular formula is C77H96N4O31S5. The molecule has 640 valence electrons. The standard InChI is InChI=1S/2C20H27NO10S2.C19H23NO7S.C18H19NO4/c2*1-21-6-5-19-15-11-3-4-12(9-22)16(15)31-17(19)18(23,10-32(25,26)27)8-14(33(28,29)30-2)20(19,24)13(21)7-11;1-20-7-6-18-14-11-2-3-12(9-21)15(14)27-16(18)17(22,10-28(24,25)26)4-5-19(18,23)13(20)8-11;1-19-7-6-17-14-10-2-3-11(9-20)15(14)23-16(17)12(21)4-5-18(17,22)13(19)8-10/h2*3-4,13-14,17,22-24H,5-10H2,1-2H3,(H,25,26,27);2-5,13,16,21-23H,6-10H2,1H3,(H,24,25,26);2-5,13,16,20,22H,6-9H2,1H3/t2*13?,14?,17-,18?,19?,20-;13?,16-,17?,18?,19+;13?,16-,17?,18+/m0000/s1. The van der Waals surface area contributed by atoms with Crippen LogP contribution in [0.3, 0.4) is 0 Å². The molecule has 2 saturated carbocycles. The Morgan fingerprint density at radius 3 is 1.09 bits per heavy atom. The summed E-state index contributed by atoms with van der Waals surface area (Å²) in [5.74, 6) is -1.94. The largest absolute Gasteiger partial charge is 0.486 e. The number of carbonyl (C=O) groups is 1. The number of ketones is 1. The minimum atomic E-state index is -4.78. The Labute approximate surface area is 675 Å². The van der Waals surface area contributed by atoms with Crippen molar-refractivity contribution in [3.63, 3.8) is 0 Å². The molecule has 0 radical (unpaired) electrons. The predicted octanol–water partition coefficient (Wildman–Crippen LogP) is -3.26. The third-order valence-electron chi connectivity index (χ3n) is 29.9. The number of hydrogen-bond acceptors (Lipinski definition) is 32. The van der Waals surface area contributed by atoms with Crippen molar-refractivity contribution in [2.24, 2.45) is 0 Å². The summed E-state index contributed by atoms with van der Waals surface area (Å²) in [5, 5.41) is 119. The third-order valence-corrected chi connectivity index (χ3v) is 35.9. The van der Waals surface area contributed by atoms with Crippen molar-refractivity contribution in [3.05, 3.63) is 140 Å². The van der Waals surface area contributed by atoms with E-state index >= 15 is 0 Å². The molecule has 4 saturated heterocycles. The highest BCUT2D eigenvalue weighted by atomic mass is 32.2. The second kappa shape index (κ2) is 26.6. The Hall–Kier alpha value is -5.82. The van der Waals surface area contributed by atoms with E-state index < -0.39 is 202 Å². The highest BCUT2D eigenvalue weighted by Crippen LogP contribution is 2.71. The van der Waals surface area contributed by atoms with Crippen LogP contribution >= 0.6 is 0 Å².